The van der Waals surface area contributed by atoms with Crippen molar-refractivity contribution in [3.8, 4) is 0 Å². The summed E-state index contributed by atoms with van der Waals surface area (Å²) < 4.78 is 0. The van der Waals surface area contributed by atoms with Crippen molar-refractivity contribution in [3.05, 3.63) is 47.5 Å². The van der Waals surface area contributed by atoms with Gasteiger partial charge in [0.15, 0.2) is 0 Å². The van der Waals surface area contributed by atoms with Crippen molar-refractivity contribution in [1.29, 1.82) is 0 Å². The molecule has 0 nitrogen and oxygen atoms in total. The van der Waals surface area contributed by atoms with Crippen molar-refractivity contribution in [2.45, 2.75) is 125 Å². The Kier molecular flexibility index (Phi) is 6.42. The average Bonchev–Trinajstić information content (AvgIpc) is 2.77. The molecule has 194 valence electrons. The van der Waals surface area contributed by atoms with E-state index in [-0.39, 0.29) is 0 Å². The topological polar surface area (TPSA) is 0 Å². The fourth-order valence-corrected chi connectivity index (χ4v) is 11.2. The van der Waals surface area contributed by atoms with Crippen molar-refractivity contribution in [1.82, 2.24) is 0 Å². The molecule has 8 atom stereocenters. The van der Waals surface area contributed by atoms with Gasteiger partial charge in [0.05, 0.1) is 0 Å². The predicted octanol–water partition coefficient (Wildman–Crippen LogP) is 10.5. The molecule has 4 saturated carbocycles. The second-order valence-corrected chi connectivity index (χ2v) is 15.2. The van der Waals surface area contributed by atoms with Gasteiger partial charge in [0, 0.05) is 0 Å². The summed E-state index contributed by atoms with van der Waals surface area (Å²) in [6, 6.07) is 9.29. The van der Waals surface area contributed by atoms with E-state index in [4.69, 9.17) is 6.58 Å². The van der Waals surface area contributed by atoms with Crippen LogP contribution in [0.5, 0.6) is 0 Å². The maximum absolute atomic E-state index is 4.72. The highest BCUT2D eigenvalue weighted by molar-refractivity contribution is 5.25. The molecular weight excluding hydrogens is 420 g/mol. The second kappa shape index (κ2) is 8.77. The van der Waals surface area contributed by atoms with Gasteiger partial charge in [0.25, 0.3) is 0 Å². The molecule has 4 aliphatic carbocycles. The summed E-state index contributed by atoms with van der Waals surface area (Å²) in [5.41, 5.74) is 6.52. The first-order valence-electron chi connectivity index (χ1n) is 15.2. The van der Waals surface area contributed by atoms with Crippen molar-refractivity contribution in [2.24, 2.45) is 45.3 Å². The molecule has 0 N–H and O–H groups in total. The standard InChI is InChI=1S/C35H54/c1-24-10-14-27(15-11-24)25(2)12-16-28-26(3)13-17-30-33(28,6)22-19-31-34(7)21-9-20-32(4,5)29(34)18-23-35(30,31)8/h10-11,14-15,25,28-31H,3,9,12-13,16-23H2,1-2,4-8H3. The van der Waals surface area contributed by atoms with E-state index < -0.39 is 0 Å². The Hall–Kier alpha value is -1.04. The summed E-state index contributed by atoms with van der Waals surface area (Å²) in [4.78, 5) is 0. The van der Waals surface area contributed by atoms with Crippen LogP contribution in [0.4, 0.5) is 0 Å². The highest BCUT2D eigenvalue weighted by Crippen LogP contribution is 2.73. The first-order valence-corrected chi connectivity index (χ1v) is 15.2. The summed E-state index contributed by atoms with van der Waals surface area (Å²) in [6.07, 6.45) is 15.5. The number of hydrogen-bond acceptors (Lipinski definition) is 0. The van der Waals surface area contributed by atoms with E-state index in [9.17, 15) is 0 Å². The molecule has 35 heavy (non-hydrogen) atoms. The predicted molar refractivity (Wildman–Crippen MR) is 152 cm³/mol. The van der Waals surface area contributed by atoms with Gasteiger partial charge in [-0.05, 0) is 128 Å². The lowest BCUT2D eigenvalue weighted by atomic mass is 9.35. The number of fused-ring (bicyclic) bond motifs is 5. The number of aryl methyl sites for hydroxylation is 1. The van der Waals surface area contributed by atoms with Gasteiger partial charge < -0.3 is 0 Å². The number of allylic oxidation sites excluding steroid dienone is 1. The first-order chi connectivity index (χ1) is 16.4. The van der Waals surface area contributed by atoms with E-state index in [1.165, 1.54) is 81.8 Å². The van der Waals surface area contributed by atoms with Crippen molar-refractivity contribution in [2.75, 3.05) is 0 Å². The summed E-state index contributed by atoms with van der Waals surface area (Å²) >= 11 is 0. The molecule has 0 aliphatic heterocycles. The minimum atomic E-state index is 0.445. The van der Waals surface area contributed by atoms with Crippen LogP contribution in [0.25, 0.3) is 0 Å². The van der Waals surface area contributed by atoms with E-state index in [0.717, 1.165) is 17.8 Å². The lowest BCUT2D eigenvalue weighted by Crippen LogP contribution is -2.62. The van der Waals surface area contributed by atoms with E-state index in [2.05, 4.69) is 72.7 Å². The first kappa shape index (κ1) is 25.6. The summed E-state index contributed by atoms with van der Waals surface area (Å²) in [7, 11) is 0. The number of benzene rings is 1. The van der Waals surface area contributed by atoms with Gasteiger partial charge in [-0.15, -0.1) is 0 Å². The molecule has 0 amide bonds. The molecule has 0 aromatic heterocycles. The van der Waals surface area contributed by atoms with E-state index in [1.54, 1.807) is 5.57 Å². The zero-order valence-corrected chi connectivity index (χ0v) is 24.2. The molecule has 0 saturated heterocycles. The van der Waals surface area contributed by atoms with E-state index in [0.29, 0.717) is 33.5 Å². The third-order valence-electron chi connectivity index (χ3n) is 13.0. The molecule has 0 radical (unpaired) electrons. The third kappa shape index (κ3) is 3.99. The van der Waals surface area contributed by atoms with Gasteiger partial charge in [-0.25, -0.2) is 0 Å². The molecule has 1 aromatic carbocycles. The lowest BCUT2D eigenvalue weighted by Gasteiger charge is -2.70. The molecular formula is C35H54. The van der Waals surface area contributed by atoms with Crippen molar-refractivity contribution < 1.29 is 0 Å². The van der Waals surface area contributed by atoms with E-state index >= 15 is 0 Å². The van der Waals surface area contributed by atoms with Gasteiger partial charge >= 0.3 is 0 Å². The Morgan fingerprint density at radius 1 is 0.800 bits per heavy atom. The highest BCUT2D eigenvalue weighted by Gasteiger charge is 2.65. The highest BCUT2D eigenvalue weighted by atomic mass is 14.7. The fraction of sp³-hybridized carbons (Fsp3) is 0.771. The number of rotatable bonds is 4. The molecule has 4 aliphatic rings. The van der Waals surface area contributed by atoms with Crippen molar-refractivity contribution in [3.63, 3.8) is 0 Å². The van der Waals surface area contributed by atoms with Gasteiger partial charge in [-0.3, -0.25) is 0 Å². The normalized spacial score (nSPS) is 43.6. The lowest BCUT2D eigenvalue weighted by molar-refractivity contribution is -0.204. The van der Waals surface area contributed by atoms with E-state index in [1.807, 2.05) is 0 Å². The molecule has 4 fully saturated rings. The van der Waals surface area contributed by atoms with Crippen LogP contribution in [0.15, 0.2) is 36.4 Å². The Bertz CT molecular complexity index is 935. The summed E-state index contributed by atoms with van der Waals surface area (Å²) in [5.74, 6) is 4.07. The Balaban J connectivity index is 1.38. The second-order valence-electron chi connectivity index (χ2n) is 15.2. The Morgan fingerprint density at radius 2 is 1.40 bits per heavy atom. The smallest absolute Gasteiger partial charge is 0.0149 e. The molecule has 5 rings (SSSR count). The minimum Gasteiger partial charge on any atom is -0.0996 e. The molecule has 1 aromatic rings. The largest absolute Gasteiger partial charge is 0.0996 e. The Labute approximate surface area is 217 Å². The maximum atomic E-state index is 4.72. The van der Waals surface area contributed by atoms with Crippen LogP contribution >= 0.6 is 0 Å². The van der Waals surface area contributed by atoms with Crippen LogP contribution in [0.3, 0.4) is 0 Å². The van der Waals surface area contributed by atoms with Gasteiger partial charge in [0.2, 0.25) is 0 Å². The third-order valence-corrected chi connectivity index (χ3v) is 13.0. The monoisotopic (exact) mass is 474 g/mol. The van der Waals surface area contributed by atoms with Gasteiger partial charge in [0.1, 0.15) is 0 Å². The minimum absolute atomic E-state index is 0.445. The van der Waals surface area contributed by atoms with Crippen LogP contribution in [-0.2, 0) is 0 Å². The summed E-state index contributed by atoms with van der Waals surface area (Å²) in [5, 5.41) is 0. The fourth-order valence-electron chi connectivity index (χ4n) is 11.2. The number of hydrogen-bond donors (Lipinski definition) is 0. The average molecular weight is 475 g/mol. The SMILES string of the molecule is C=C1CCC2C(C)(CCC3C4(C)CCCC(C)(C)C4CCC23C)C1CCC(C)c1ccc(C)cc1. The van der Waals surface area contributed by atoms with Crippen LogP contribution in [-0.4, -0.2) is 0 Å². The van der Waals surface area contributed by atoms with Crippen LogP contribution in [0.1, 0.15) is 129 Å². The molecule has 0 bridgehead atoms. The zero-order valence-electron chi connectivity index (χ0n) is 24.2. The maximum Gasteiger partial charge on any atom is -0.0149 e. The van der Waals surface area contributed by atoms with Gasteiger partial charge in [-0.1, -0.05) is 89.9 Å². The quantitative estimate of drug-likeness (QED) is 0.381. The molecule has 0 heteroatoms. The van der Waals surface area contributed by atoms with Crippen LogP contribution in [0.2, 0.25) is 0 Å². The van der Waals surface area contributed by atoms with Crippen LogP contribution < -0.4 is 0 Å². The van der Waals surface area contributed by atoms with Crippen molar-refractivity contribution >= 4 is 0 Å². The molecule has 0 spiro atoms. The van der Waals surface area contributed by atoms with Gasteiger partial charge in [-0.2, -0.15) is 0 Å². The summed E-state index contributed by atoms with van der Waals surface area (Å²) in [6.45, 7) is 22.8. The van der Waals surface area contributed by atoms with Crippen LogP contribution in [0, 0.1) is 52.3 Å². The Morgan fingerprint density at radius 3 is 2.11 bits per heavy atom. The molecule has 0 heterocycles. The molecule has 8 unspecified atom stereocenters. The zero-order chi connectivity index (χ0) is 25.2.